The van der Waals surface area contributed by atoms with Crippen molar-refractivity contribution in [3.63, 3.8) is 0 Å². The molecule has 1 saturated carbocycles. The topological polar surface area (TPSA) is 75.4 Å². The van der Waals surface area contributed by atoms with E-state index in [4.69, 9.17) is 10.8 Å². The van der Waals surface area contributed by atoms with Gasteiger partial charge in [0.05, 0.1) is 0 Å². The van der Waals surface area contributed by atoms with Gasteiger partial charge in [-0.2, -0.15) is 0 Å². The van der Waals surface area contributed by atoms with E-state index in [-0.39, 0.29) is 12.3 Å². The molecule has 0 radical (unpaired) electrons. The van der Waals surface area contributed by atoms with Crippen LogP contribution < -0.4 is 11.1 Å². The number of amides is 1. The summed E-state index contributed by atoms with van der Waals surface area (Å²) in [6, 6.07) is 0. The van der Waals surface area contributed by atoms with E-state index >= 15 is 0 Å². The van der Waals surface area contributed by atoms with Crippen LogP contribution in [0, 0.1) is 0 Å². The summed E-state index contributed by atoms with van der Waals surface area (Å²) in [4.78, 5) is 11.2. The van der Waals surface area contributed by atoms with Gasteiger partial charge in [0.1, 0.15) is 6.10 Å². The van der Waals surface area contributed by atoms with Crippen LogP contribution in [0.5, 0.6) is 0 Å². The second-order valence-corrected chi connectivity index (χ2v) is 4.10. The summed E-state index contributed by atoms with van der Waals surface area (Å²) in [6.07, 6.45) is -1.91. The van der Waals surface area contributed by atoms with Gasteiger partial charge in [-0.1, -0.05) is 0 Å². The van der Waals surface area contributed by atoms with Crippen LogP contribution in [0.4, 0.5) is 8.78 Å². The number of aliphatic hydroxyl groups excluding tert-OH is 1. The molecule has 6 heteroatoms. The zero-order valence-corrected chi connectivity index (χ0v) is 8.38. The minimum Gasteiger partial charge on any atom is -0.385 e. The second kappa shape index (κ2) is 4.85. The van der Waals surface area contributed by atoms with Crippen LogP contribution in [-0.2, 0) is 4.79 Å². The van der Waals surface area contributed by atoms with Crippen molar-refractivity contribution in [2.75, 3.05) is 6.54 Å². The Bertz CT molecular complexity index is 232. The van der Waals surface area contributed by atoms with Crippen molar-refractivity contribution >= 4 is 5.91 Å². The van der Waals surface area contributed by atoms with Crippen LogP contribution in [0.15, 0.2) is 0 Å². The number of rotatable bonds is 5. The Balaban J connectivity index is 2.19. The van der Waals surface area contributed by atoms with Gasteiger partial charge in [-0.15, -0.1) is 0 Å². The number of halogens is 2. The number of hydrogen-bond acceptors (Lipinski definition) is 3. The second-order valence-electron chi connectivity index (χ2n) is 4.10. The smallest absolute Gasteiger partial charge is 0.265 e. The summed E-state index contributed by atoms with van der Waals surface area (Å²) in [6.45, 7) is -0.424. The normalized spacial score (nSPS) is 20.9. The van der Waals surface area contributed by atoms with Crippen LogP contribution in [0.2, 0.25) is 0 Å². The lowest BCUT2D eigenvalue weighted by atomic mass is 9.75. The van der Waals surface area contributed by atoms with E-state index in [0.29, 0.717) is 0 Å². The molecule has 1 amide bonds. The van der Waals surface area contributed by atoms with Gasteiger partial charge < -0.3 is 16.2 Å². The Morgan fingerprint density at radius 3 is 2.53 bits per heavy atom. The molecule has 0 heterocycles. The SMILES string of the molecule is NC1(CC(=O)NCC(O)C(F)F)CCC1. The molecule has 1 aliphatic rings. The fourth-order valence-corrected chi connectivity index (χ4v) is 1.50. The fraction of sp³-hybridized carbons (Fsp3) is 0.889. The minimum atomic E-state index is -2.83. The molecule has 0 bridgehead atoms. The van der Waals surface area contributed by atoms with E-state index in [0.717, 1.165) is 19.3 Å². The molecule has 1 fully saturated rings. The average molecular weight is 222 g/mol. The third kappa shape index (κ3) is 3.71. The highest BCUT2D eigenvalue weighted by atomic mass is 19.3. The summed E-state index contributed by atoms with van der Waals surface area (Å²) >= 11 is 0. The molecule has 88 valence electrons. The summed E-state index contributed by atoms with van der Waals surface area (Å²) in [5.74, 6) is -0.378. The quantitative estimate of drug-likeness (QED) is 0.613. The van der Waals surface area contributed by atoms with Gasteiger partial charge in [0.2, 0.25) is 5.91 Å². The zero-order valence-electron chi connectivity index (χ0n) is 8.38. The predicted octanol–water partition coefficient (Wildman–Crippen LogP) is 0.0001000. The highest BCUT2D eigenvalue weighted by molar-refractivity contribution is 5.77. The molecule has 0 aromatic rings. The van der Waals surface area contributed by atoms with E-state index in [2.05, 4.69) is 5.32 Å². The Hall–Kier alpha value is -0.750. The van der Waals surface area contributed by atoms with Crippen LogP contribution in [-0.4, -0.2) is 35.6 Å². The standard InChI is InChI=1S/C9H16F2N2O2/c10-8(11)6(14)5-13-7(15)4-9(12)2-1-3-9/h6,8,14H,1-5,12H2,(H,13,15). The molecule has 4 N–H and O–H groups in total. The summed E-state index contributed by atoms with van der Waals surface area (Å²) in [5.41, 5.74) is 5.34. The first-order chi connectivity index (χ1) is 6.93. The average Bonchev–Trinajstić information content (AvgIpc) is 2.11. The van der Waals surface area contributed by atoms with Gasteiger partial charge in [-0.05, 0) is 19.3 Å². The van der Waals surface area contributed by atoms with Crippen LogP contribution >= 0.6 is 0 Å². The van der Waals surface area contributed by atoms with Gasteiger partial charge in [0.15, 0.2) is 0 Å². The van der Waals surface area contributed by atoms with E-state index in [9.17, 15) is 13.6 Å². The molecular formula is C9H16F2N2O2. The predicted molar refractivity (Wildman–Crippen MR) is 50.4 cm³/mol. The third-order valence-electron chi connectivity index (χ3n) is 2.66. The van der Waals surface area contributed by atoms with E-state index in [1.807, 2.05) is 0 Å². The van der Waals surface area contributed by atoms with Gasteiger partial charge in [-0.3, -0.25) is 4.79 Å². The first kappa shape index (κ1) is 12.3. The number of nitrogens with two attached hydrogens (primary N) is 1. The van der Waals surface area contributed by atoms with Crippen molar-refractivity contribution in [3.05, 3.63) is 0 Å². The van der Waals surface area contributed by atoms with E-state index in [1.54, 1.807) is 0 Å². The molecule has 15 heavy (non-hydrogen) atoms. The minimum absolute atomic E-state index is 0.142. The highest BCUT2D eigenvalue weighted by Crippen LogP contribution is 2.31. The van der Waals surface area contributed by atoms with Gasteiger partial charge in [-0.25, -0.2) is 8.78 Å². The zero-order chi connectivity index (χ0) is 11.5. The summed E-state index contributed by atoms with van der Waals surface area (Å²) in [7, 11) is 0. The van der Waals surface area contributed by atoms with E-state index in [1.165, 1.54) is 0 Å². The van der Waals surface area contributed by atoms with Crippen LogP contribution in [0.25, 0.3) is 0 Å². The van der Waals surface area contributed by atoms with Gasteiger partial charge in [0, 0.05) is 18.5 Å². The van der Waals surface area contributed by atoms with Crippen molar-refractivity contribution in [2.45, 2.75) is 43.8 Å². The lowest BCUT2D eigenvalue weighted by Crippen LogP contribution is -2.50. The van der Waals surface area contributed by atoms with Gasteiger partial charge in [0.25, 0.3) is 6.43 Å². The van der Waals surface area contributed by atoms with Gasteiger partial charge >= 0.3 is 0 Å². The Kier molecular flexibility index (Phi) is 3.98. The maximum absolute atomic E-state index is 11.9. The molecule has 1 aliphatic carbocycles. The lowest BCUT2D eigenvalue weighted by Gasteiger charge is -2.37. The molecule has 1 rings (SSSR count). The lowest BCUT2D eigenvalue weighted by molar-refractivity contribution is -0.124. The molecule has 0 aromatic heterocycles. The highest BCUT2D eigenvalue weighted by Gasteiger charge is 2.34. The maximum Gasteiger partial charge on any atom is 0.265 e. The first-order valence-corrected chi connectivity index (χ1v) is 4.95. The summed E-state index contributed by atoms with van der Waals surface area (Å²) < 4.78 is 23.7. The number of hydrogen-bond donors (Lipinski definition) is 3. The number of carbonyl (C=O) groups is 1. The molecule has 0 aliphatic heterocycles. The Morgan fingerprint density at radius 2 is 2.13 bits per heavy atom. The molecular weight excluding hydrogens is 206 g/mol. The molecule has 0 saturated heterocycles. The first-order valence-electron chi connectivity index (χ1n) is 4.95. The number of alkyl halides is 2. The monoisotopic (exact) mass is 222 g/mol. The van der Waals surface area contributed by atoms with Crippen molar-refractivity contribution in [3.8, 4) is 0 Å². The Labute approximate surface area is 86.8 Å². The molecule has 0 aromatic carbocycles. The number of carbonyl (C=O) groups excluding carboxylic acids is 1. The van der Waals surface area contributed by atoms with Crippen molar-refractivity contribution in [1.29, 1.82) is 0 Å². The van der Waals surface area contributed by atoms with Crippen molar-refractivity contribution < 1.29 is 18.7 Å². The van der Waals surface area contributed by atoms with Crippen molar-refractivity contribution in [2.24, 2.45) is 5.73 Å². The van der Waals surface area contributed by atoms with Crippen molar-refractivity contribution in [1.82, 2.24) is 5.32 Å². The molecule has 0 spiro atoms. The molecule has 4 nitrogen and oxygen atoms in total. The number of nitrogens with one attached hydrogen (secondary N) is 1. The number of aliphatic hydroxyl groups is 1. The fourth-order valence-electron chi connectivity index (χ4n) is 1.50. The van der Waals surface area contributed by atoms with E-state index < -0.39 is 24.6 Å². The molecule has 1 unspecified atom stereocenters. The maximum atomic E-state index is 11.9. The van der Waals surface area contributed by atoms with Crippen LogP contribution in [0.3, 0.4) is 0 Å². The summed E-state index contributed by atoms with van der Waals surface area (Å²) in [5, 5.41) is 11.0. The van der Waals surface area contributed by atoms with Crippen LogP contribution in [0.1, 0.15) is 25.7 Å². The third-order valence-corrected chi connectivity index (χ3v) is 2.66. The Morgan fingerprint density at radius 1 is 1.53 bits per heavy atom. The molecule has 1 atom stereocenters. The largest absolute Gasteiger partial charge is 0.385 e.